The number of aromatic hydroxyl groups is 1. The predicted octanol–water partition coefficient (Wildman–Crippen LogP) is 3.59. The average Bonchev–Trinajstić information content (AvgIpc) is 2.68. The van der Waals surface area contributed by atoms with E-state index >= 15 is 0 Å². The molecule has 28 heavy (non-hydrogen) atoms. The Morgan fingerprint density at radius 2 is 1.82 bits per heavy atom. The maximum absolute atomic E-state index is 12.8. The summed E-state index contributed by atoms with van der Waals surface area (Å²) >= 11 is 3.46. The highest BCUT2D eigenvalue weighted by molar-refractivity contribution is 9.10. The molecule has 1 saturated heterocycles. The van der Waals surface area contributed by atoms with Crippen LogP contribution in [0, 0.1) is 0 Å². The van der Waals surface area contributed by atoms with E-state index in [-0.39, 0.29) is 28.5 Å². The molecule has 0 atom stereocenters. The zero-order chi connectivity index (χ0) is 20.1. The summed E-state index contributed by atoms with van der Waals surface area (Å²) in [5.41, 5.74) is 1.52. The van der Waals surface area contributed by atoms with Crippen molar-refractivity contribution in [1.82, 2.24) is 5.32 Å². The number of ether oxygens (including phenoxy) is 1. The van der Waals surface area contributed by atoms with Crippen LogP contribution >= 0.6 is 15.9 Å². The third-order valence-electron chi connectivity index (χ3n) is 5.06. The second-order valence-corrected chi connectivity index (χ2v) is 7.91. The van der Waals surface area contributed by atoms with Crippen LogP contribution in [0.4, 0.5) is 5.69 Å². The summed E-state index contributed by atoms with van der Waals surface area (Å²) in [7, 11) is 0. The second-order valence-electron chi connectivity index (χ2n) is 7.00. The monoisotopic (exact) mass is 446 g/mol. The van der Waals surface area contributed by atoms with Crippen molar-refractivity contribution >= 4 is 33.4 Å². The van der Waals surface area contributed by atoms with Gasteiger partial charge in [-0.15, -0.1) is 0 Å². The molecule has 0 bridgehead atoms. The van der Waals surface area contributed by atoms with E-state index in [0.29, 0.717) is 25.4 Å². The van der Waals surface area contributed by atoms with Crippen LogP contribution in [0.1, 0.15) is 35.7 Å². The van der Waals surface area contributed by atoms with E-state index in [4.69, 9.17) is 4.74 Å². The lowest BCUT2D eigenvalue weighted by molar-refractivity contribution is -0.114. The summed E-state index contributed by atoms with van der Waals surface area (Å²) in [6, 6.07) is 12.6. The highest BCUT2D eigenvalue weighted by Gasteiger charge is 2.35. The van der Waals surface area contributed by atoms with Gasteiger partial charge in [0.15, 0.2) is 0 Å². The Labute approximate surface area is 172 Å². The molecule has 6 nitrogen and oxygen atoms in total. The van der Waals surface area contributed by atoms with Crippen molar-refractivity contribution in [2.45, 2.75) is 25.2 Å². The number of carbonyl (C=O) groups excluding carboxylic acids is 2. The zero-order valence-electron chi connectivity index (χ0n) is 15.6. The fourth-order valence-corrected chi connectivity index (χ4v) is 3.74. The van der Waals surface area contributed by atoms with Crippen LogP contribution in [0.5, 0.6) is 5.75 Å². The van der Waals surface area contributed by atoms with Crippen molar-refractivity contribution in [3.8, 4) is 5.75 Å². The first kappa shape index (κ1) is 20.4. The van der Waals surface area contributed by atoms with Gasteiger partial charge < -0.3 is 20.5 Å². The molecule has 0 unspecified atom stereocenters. The summed E-state index contributed by atoms with van der Waals surface area (Å²) < 4.78 is 6.53. The molecular formula is C21H23BrN2O4. The first-order valence-corrected chi connectivity index (χ1v) is 9.91. The molecule has 0 radical (unpaired) electrons. The standard InChI is InChI=1S/C21H23BrN2O4/c1-14(25)24-17-6-7-19(26)18(12-17)20(27)23-13-21(8-10-28-11-9-21)15-2-4-16(22)5-3-15/h2-7,12,26H,8-11,13H2,1H3,(H,23,27)(H,24,25). The Balaban J connectivity index is 1.79. The molecule has 3 rings (SSSR count). The largest absolute Gasteiger partial charge is 0.507 e. The minimum Gasteiger partial charge on any atom is -0.507 e. The highest BCUT2D eigenvalue weighted by atomic mass is 79.9. The van der Waals surface area contributed by atoms with E-state index in [1.54, 1.807) is 6.07 Å². The SMILES string of the molecule is CC(=O)Nc1ccc(O)c(C(=O)NCC2(c3ccc(Br)cc3)CCOCC2)c1. The van der Waals surface area contributed by atoms with Gasteiger partial charge in [-0.2, -0.15) is 0 Å². The number of amides is 2. The molecule has 2 amide bonds. The number of nitrogens with one attached hydrogen (secondary N) is 2. The van der Waals surface area contributed by atoms with Crippen molar-refractivity contribution in [3.05, 3.63) is 58.1 Å². The number of anilines is 1. The maximum Gasteiger partial charge on any atom is 0.255 e. The number of phenols is 1. The van der Waals surface area contributed by atoms with Gasteiger partial charge in [-0.25, -0.2) is 0 Å². The van der Waals surface area contributed by atoms with Crippen molar-refractivity contribution in [1.29, 1.82) is 0 Å². The Hall–Kier alpha value is -2.38. The van der Waals surface area contributed by atoms with Crippen molar-refractivity contribution in [2.75, 3.05) is 25.1 Å². The summed E-state index contributed by atoms with van der Waals surface area (Å²) in [6.07, 6.45) is 1.60. The van der Waals surface area contributed by atoms with Gasteiger partial charge in [0, 0.05) is 42.3 Å². The number of hydrogen-bond donors (Lipinski definition) is 3. The van der Waals surface area contributed by atoms with Crippen molar-refractivity contribution in [3.63, 3.8) is 0 Å². The van der Waals surface area contributed by atoms with Crippen LogP contribution < -0.4 is 10.6 Å². The normalized spacial score (nSPS) is 15.6. The maximum atomic E-state index is 12.8. The molecule has 1 aliphatic heterocycles. The summed E-state index contributed by atoms with van der Waals surface area (Å²) in [5.74, 6) is -0.752. The first-order valence-electron chi connectivity index (χ1n) is 9.12. The van der Waals surface area contributed by atoms with Crippen LogP contribution in [0.25, 0.3) is 0 Å². The van der Waals surface area contributed by atoms with Crippen LogP contribution in [0.2, 0.25) is 0 Å². The molecule has 1 aliphatic rings. The minimum absolute atomic E-state index is 0.128. The van der Waals surface area contributed by atoms with E-state index in [1.165, 1.54) is 19.1 Å². The topological polar surface area (TPSA) is 87.7 Å². The molecule has 0 aliphatic carbocycles. The number of carbonyl (C=O) groups is 2. The van der Waals surface area contributed by atoms with E-state index in [2.05, 4.69) is 38.7 Å². The van der Waals surface area contributed by atoms with E-state index in [9.17, 15) is 14.7 Å². The molecular weight excluding hydrogens is 424 g/mol. The molecule has 1 fully saturated rings. The van der Waals surface area contributed by atoms with Gasteiger partial charge in [-0.1, -0.05) is 28.1 Å². The number of rotatable bonds is 5. The number of phenolic OH excluding ortho intramolecular Hbond substituents is 1. The van der Waals surface area contributed by atoms with Crippen molar-refractivity contribution in [2.24, 2.45) is 0 Å². The third-order valence-corrected chi connectivity index (χ3v) is 5.58. The molecule has 7 heteroatoms. The van der Waals surface area contributed by atoms with Gasteiger partial charge in [0.25, 0.3) is 5.91 Å². The predicted molar refractivity (Wildman–Crippen MR) is 111 cm³/mol. The summed E-state index contributed by atoms with van der Waals surface area (Å²) in [6.45, 7) is 3.09. The van der Waals surface area contributed by atoms with Crippen LogP contribution in [0.3, 0.4) is 0 Å². The number of benzene rings is 2. The molecule has 0 aromatic heterocycles. The quantitative estimate of drug-likeness (QED) is 0.612. The van der Waals surface area contributed by atoms with E-state index in [1.807, 2.05) is 12.1 Å². The van der Waals surface area contributed by atoms with Gasteiger partial charge in [0.1, 0.15) is 5.75 Å². The summed E-state index contributed by atoms with van der Waals surface area (Å²) in [5, 5.41) is 15.7. The lowest BCUT2D eigenvalue weighted by Crippen LogP contribution is -2.44. The first-order chi connectivity index (χ1) is 13.4. The van der Waals surface area contributed by atoms with Crippen LogP contribution in [-0.2, 0) is 14.9 Å². The highest BCUT2D eigenvalue weighted by Crippen LogP contribution is 2.35. The molecule has 148 valence electrons. The Morgan fingerprint density at radius 1 is 1.14 bits per heavy atom. The number of hydrogen-bond acceptors (Lipinski definition) is 4. The lowest BCUT2D eigenvalue weighted by atomic mass is 9.74. The van der Waals surface area contributed by atoms with Gasteiger partial charge >= 0.3 is 0 Å². The van der Waals surface area contributed by atoms with E-state index < -0.39 is 0 Å². The van der Waals surface area contributed by atoms with Gasteiger partial charge in [-0.05, 0) is 48.7 Å². The lowest BCUT2D eigenvalue weighted by Gasteiger charge is -2.38. The zero-order valence-corrected chi connectivity index (χ0v) is 17.2. The molecule has 0 saturated carbocycles. The minimum atomic E-state index is -0.382. The van der Waals surface area contributed by atoms with Crippen molar-refractivity contribution < 1.29 is 19.4 Å². The second kappa shape index (κ2) is 8.75. The number of halogens is 1. The van der Waals surface area contributed by atoms with Gasteiger partial charge in [-0.3, -0.25) is 9.59 Å². The fourth-order valence-electron chi connectivity index (χ4n) is 3.48. The molecule has 2 aromatic rings. The average molecular weight is 447 g/mol. The molecule has 3 N–H and O–H groups in total. The fraction of sp³-hybridized carbons (Fsp3) is 0.333. The van der Waals surface area contributed by atoms with Crippen LogP contribution in [0.15, 0.2) is 46.9 Å². The Morgan fingerprint density at radius 3 is 2.46 bits per heavy atom. The van der Waals surface area contributed by atoms with Gasteiger partial charge in [0.05, 0.1) is 5.56 Å². The third kappa shape index (κ3) is 4.72. The smallest absolute Gasteiger partial charge is 0.255 e. The van der Waals surface area contributed by atoms with Crippen LogP contribution in [-0.4, -0.2) is 36.7 Å². The van der Waals surface area contributed by atoms with E-state index in [0.717, 1.165) is 22.9 Å². The summed E-state index contributed by atoms with van der Waals surface area (Å²) in [4.78, 5) is 24.0. The molecule has 1 heterocycles. The molecule has 2 aromatic carbocycles. The van der Waals surface area contributed by atoms with Gasteiger partial charge in [0.2, 0.25) is 5.91 Å². The Bertz CT molecular complexity index is 861. The molecule has 0 spiro atoms. The Kier molecular flexibility index (Phi) is 6.36.